The van der Waals surface area contributed by atoms with Crippen molar-refractivity contribution in [2.24, 2.45) is 5.41 Å². The fourth-order valence-corrected chi connectivity index (χ4v) is 2.23. The largest absolute Gasteiger partial charge is 0.481 e. The van der Waals surface area contributed by atoms with E-state index in [1.807, 2.05) is 6.92 Å². The average Bonchev–Trinajstić information content (AvgIpc) is 2.40. The average molecular weight is 343 g/mol. The molecule has 0 bridgehead atoms. The monoisotopic (exact) mass is 342 g/mol. The number of hydrogen-bond donors (Lipinski definition) is 2. The minimum absolute atomic E-state index is 0.0373. The smallest absolute Gasteiger partial charge is 0.310 e. The third-order valence-electron chi connectivity index (χ3n) is 3.60. The van der Waals surface area contributed by atoms with Gasteiger partial charge in [-0.2, -0.15) is 0 Å². The summed E-state index contributed by atoms with van der Waals surface area (Å²) in [5.74, 6) is -1.23. The van der Waals surface area contributed by atoms with Crippen LogP contribution in [0.25, 0.3) is 0 Å². The SMILES string of the molecule is CCC(CC)(CC(=O)Nc1cnc(Br)c(C)c1)C(=O)O. The highest BCUT2D eigenvalue weighted by Crippen LogP contribution is 2.31. The number of halogens is 1. The number of carbonyl (C=O) groups excluding carboxylic acids is 1. The van der Waals surface area contributed by atoms with E-state index in [0.29, 0.717) is 18.5 Å². The van der Waals surface area contributed by atoms with Gasteiger partial charge in [-0.3, -0.25) is 9.59 Å². The van der Waals surface area contributed by atoms with Gasteiger partial charge in [0.25, 0.3) is 0 Å². The van der Waals surface area contributed by atoms with Gasteiger partial charge in [0.1, 0.15) is 4.60 Å². The molecule has 0 spiro atoms. The van der Waals surface area contributed by atoms with E-state index in [1.54, 1.807) is 19.9 Å². The Hall–Kier alpha value is -1.43. The van der Waals surface area contributed by atoms with E-state index >= 15 is 0 Å². The minimum atomic E-state index is -0.998. The molecule has 0 unspecified atom stereocenters. The molecule has 5 nitrogen and oxygen atoms in total. The first-order chi connectivity index (χ1) is 9.34. The second-order valence-electron chi connectivity index (χ2n) is 4.85. The maximum Gasteiger partial charge on any atom is 0.310 e. The second kappa shape index (κ2) is 6.83. The first kappa shape index (κ1) is 16.6. The van der Waals surface area contributed by atoms with Crippen LogP contribution in [0.2, 0.25) is 0 Å². The quantitative estimate of drug-likeness (QED) is 0.776. The summed E-state index contributed by atoms with van der Waals surface area (Å²) in [5, 5.41) is 12.0. The zero-order chi connectivity index (χ0) is 15.3. The van der Waals surface area contributed by atoms with Crippen LogP contribution in [0.15, 0.2) is 16.9 Å². The van der Waals surface area contributed by atoms with Gasteiger partial charge >= 0.3 is 5.97 Å². The van der Waals surface area contributed by atoms with Gasteiger partial charge in [-0.15, -0.1) is 0 Å². The van der Waals surface area contributed by atoms with Crippen LogP contribution in [-0.2, 0) is 9.59 Å². The summed E-state index contributed by atoms with van der Waals surface area (Å²) in [7, 11) is 0. The van der Waals surface area contributed by atoms with Crippen molar-refractivity contribution in [3.05, 3.63) is 22.4 Å². The first-order valence-corrected chi connectivity index (χ1v) is 7.29. The van der Waals surface area contributed by atoms with Crippen molar-refractivity contribution >= 4 is 33.5 Å². The number of hydrogen-bond acceptors (Lipinski definition) is 3. The summed E-state index contributed by atoms with van der Waals surface area (Å²) in [6.07, 6.45) is 2.34. The molecule has 1 amide bonds. The van der Waals surface area contributed by atoms with Gasteiger partial charge in [0.2, 0.25) is 5.91 Å². The Bertz CT molecular complexity index is 513. The highest BCUT2D eigenvalue weighted by molar-refractivity contribution is 9.10. The minimum Gasteiger partial charge on any atom is -0.481 e. The Morgan fingerprint density at radius 1 is 1.40 bits per heavy atom. The lowest BCUT2D eigenvalue weighted by Gasteiger charge is -2.25. The highest BCUT2D eigenvalue weighted by Gasteiger charge is 2.37. The molecule has 0 aliphatic rings. The van der Waals surface area contributed by atoms with Crippen LogP contribution in [0, 0.1) is 12.3 Å². The summed E-state index contributed by atoms with van der Waals surface area (Å²) in [6, 6.07) is 1.79. The van der Waals surface area contributed by atoms with E-state index in [2.05, 4.69) is 26.2 Å². The van der Waals surface area contributed by atoms with Gasteiger partial charge in [-0.05, 0) is 47.3 Å². The Morgan fingerprint density at radius 2 is 2.00 bits per heavy atom. The van der Waals surface area contributed by atoms with Crippen LogP contribution in [-0.4, -0.2) is 22.0 Å². The lowest BCUT2D eigenvalue weighted by atomic mass is 9.79. The summed E-state index contributed by atoms with van der Waals surface area (Å²) in [5.41, 5.74) is 0.475. The molecule has 0 aliphatic heterocycles. The Kier molecular flexibility index (Phi) is 5.68. The van der Waals surface area contributed by atoms with Crippen molar-refractivity contribution in [3.63, 3.8) is 0 Å². The van der Waals surface area contributed by atoms with Crippen molar-refractivity contribution in [2.45, 2.75) is 40.0 Å². The number of aryl methyl sites for hydroxylation is 1. The maximum atomic E-state index is 12.0. The van der Waals surface area contributed by atoms with Crippen molar-refractivity contribution in [3.8, 4) is 0 Å². The molecule has 20 heavy (non-hydrogen) atoms. The van der Waals surface area contributed by atoms with E-state index in [-0.39, 0.29) is 12.3 Å². The molecule has 0 radical (unpaired) electrons. The number of nitrogens with one attached hydrogen (secondary N) is 1. The van der Waals surface area contributed by atoms with Gasteiger partial charge in [0.15, 0.2) is 0 Å². The Morgan fingerprint density at radius 3 is 2.45 bits per heavy atom. The number of carbonyl (C=O) groups is 2. The molecule has 0 atom stereocenters. The molecular weight excluding hydrogens is 324 g/mol. The molecule has 0 saturated carbocycles. The van der Waals surface area contributed by atoms with E-state index in [4.69, 9.17) is 0 Å². The Balaban J connectivity index is 2.80. The summed E-state index contributed by atoms with van der Waals surface area (Å²) in [4.78, 5) is 27.5. The van der Waals surface area contributed by atoms with Crippen molar-refractivity contribution in [2.75, 3.05) is 5.32 Å². The molecular formula is C14H19BrN2O3. The number of carboxylic acids is 1. The molecule has 0 saturated heterocycles. The number of amides is 1. The summed E-state index contributed by atoms with van der Waals surface area (Å²) >= 11 is 3.28. The summed E-state index contributed by atoms with van der Waals surface area (Å²) in [6.45, 7) is 5.44. The van der Waals surface area contributed by atoms with Gasteiger partial charge in [-0.1, -0.05) is 13.8 Å². The van der Waals surface area contributed by atoms with Gasteiger partial charge in [0, 0.05) is 6.42 Å². The predicted molar refractivity (Wildman–Crippen MR) is 80.6 cm³/mol. The van der Waals surface area contributed by atoms with Crippen LogP contribution < -0.4 is 5.32 Å². The third-order valence-corrected chi connectivity index (χ3v) is 4.43. The van der Waals surface area contributed by atoms with Crippen molar-refractivity contribution in [1.82, 2.24) is 4.98 Å². The predicted octanol–water partition coefficient (Wildman–Crippen LogP) is 3.37. The molecule has 0 aromatic carbocycles. The van der Waals surface area contributed by atoms with Crippen molar-refractivity contribution in [1.29, 1.82) is 0 Å². The van der Waals surface area contributed by atoms with E-state index < -0.39 is 11.4 Å². The molecule has 1 heterocycles. The fraction of sp³-hybridized carbons (Fsp3) is 0.500. The van der Waals surface area contributed by atoms with Crippen LogP contribution in [0.1, 0.15) is 38.7 Å². The molecule has 1 aromatic rings. The molecule has 6 heteroatoms. The second-order valence-corrected chi connectivity index (χ2v) is 5.60. The fourth-order valence-electron chi connectivity index (χ4n) is 2.02. The topological polar surface area (TPSA) is 79.3 Å². The molecule has 0 aliphatic carbocycles. The van der Waals surface area contributed by atoms with E-state index in [9.17, 15) is 14.7 Å². The van der Waals surface area contributed by atoms with Crippen LogP contribution in [0.3, 0.4) is 0 Å². The zero-order valence-corrected chi connectivity index (χ0v) is 13.5. The number of carboxylic acid groups (broad SMARTS) is 1. The molecule has 0 fully saturated rings. The number of nitrogens with zero attached hydrogens (tertiary/aromatic N) is 1. The number of pyridine rings is 1. The van der Waals surface area contributed by atoms with E-state index in [0.717, 1.165) is 10.2 Å². The standard InChI is InChI=1S/C14H19BrN2O3/c1-4-14(5-2,13(19)20)7-11(18)17-10-6-9(3)12(15)16-8-10/h6,8H,4-5,7H2,1-3H3,(H,17,18)(H,19,20). The number of aliphatic carboxylic acids is 1. The van der Waals surface area contributed by atoms with Gasteiger partial charge in [0.05, 0.1) is 17.3 Å². The number of rotatable bonds is 6. The van der Waals surface area contributed by atoms with E-state index in [1.165, 1.54) is 6.20 Å². The van der Waals surface area contributed by atoms with Crippen LogP contribution in [0.4, 0.5) is 5.69 Å². The molecule has 1 rings (SSSR count). The molecule has 110 valence electrons. The van der Waals surface area contributed by atoms with Gasteiger partial charge < -0.3 is 10.4 Å². The lowest BCUT2D eigenvalue weighted by Crippen LogP contribution is -2.34. The zero-order valence-electron chi connectivity index (χ0n) is 11.9. The Labute approximate surface area is 126 Å². The molecule has 2 N–H and O–H groups in total. The lowest BCUT2D eigenvalue weighted by molar-refractivity contribution is -0.151. The third kappa shape index (κ3) is 3.79. The van der Waals surface area contributed by atoms with Crippen molar-refractivity contribution < 1.29 is 14.7 Å². The number of anilines is 1. The molecule has 1 aromatic heterocycles. The normalized spacial score (nSPS) is 11.2. The summed E-state index contributed by atoms with van der Waals surface area (Å²) < 4.78 is 0.720. The van der Waals surface area contributed by atoms with Crippen LogP contribution >= 0.6 is 15.9 Å². The van der Waals surface area contributed by atoms with Gasteiger partial charge in [-0.25, -0.2) is 4.98 Å². The maximum absolute atomic E-state index is 12.0. The highest BCUT2D eigenvalue weighted by atomic mass is 79.9. The first-order valence-electron chi connectivity index (χ1n) is 6.50. The van der Waals surface area contributed by atoms with Crippen LogP contribution in [0.5, 0.6) is 0 Å². The number of aromatic nitrogens is 1.